The Morgan fingerprint density at radius 3 is 2.78 bits per heavy atom. The minimum absolute atomic E-state index is 0. The Morgan fingerprint density at radius 2 is 2.06 bits per heavy atom. The van der Waals surface area contributed by atoms with Gasteiger partial charge in [-0.2, -0.15) is 0 Å². The van der Waals surface area contributed by atoms with Crippen molar-refractivity contribution in [3.8, 4) is 0 Å². The van der Waals surface area contributed by atoms with E-state index in [-0.39, 0.29) is 19.0 Å². The third kappa shape index (κ3) is 3.25. The van der Waals surface area contributed by atoms with E-state index < -0.39 is 0 Å². The molecule has 0 spiro atoms. The lowest BCUT2D eigenvalue weighted by Gasteiger charge is -2.01. The van der Waals surface area contributed by atoms with Gasteiger partial charge in [-0.1, -0.05) is 25.1 Å². The highest BCUT2D eigenvalue weighted by molar-refractivity contribution is 5.85. The molecule has 0 aliphatic heterocycles. The average Bonchev–Trinajstić information content (AvgIpc) is 2.70. The van der Waals surface area contributed by atoms with E-state index in [2.05, 4.69) is 47.3 Å². The zero-order chi connectivity index (χ0) is 12.1. The smallest absolute Gasteiger partial charge is 0.0556 e. The molecule has 1 heterocycles. The number of hydrogen-bond donors (Lipinski definition) is 2. The van der Waals surface area contributed by atoms with Gasteiger partial charge in [0.2, 0.25) is 0 Å². The van der Waals surface area contributed by atoms with Gasteiger partial charge in [-0.15, -0.1) is 12.4 Å². The number of nitrogens with one attached hydrogen (secondary N) is 1. The molecule has 0 atom stereocenters. The molecule has 0 unspecified atom stereocenters. The van der Waals surface area contributed by atoms with Crippen LogP contribution in [0.25, 0.3) is 10.9 Å². The van der Waals surface area contributed by atoms with Crippen LogP contribution < -0.4 is 5.32 Å². The van der Waals surface area contributed by atoms with Gasteiger partial charge in [0.05, 0.1) is 6.61 Å². The lowest BCUT2D eigenvalue weighted by molar-refractivity contribution is 0.292. The van der Waals surface area contributed by atoms with Gasteiger partial charge < -0.3 is 15.0 Å². The van der Waals surface area contributed by atoms with Gasteiger partial charge in [-0.05, 0) is 18.1 Å². The number of nitrogens with zero attached hydrogens (tertiary/aromatic N) is 1. The second kappa shape index (κ2) is 7.41. The van der Waals surface area contributed by atoms with E-state index in [1.807, 2.05) is 0 Å². The maximum Gasteiger partial charge on any atom is 0.0556 e. The lowest BCUT2D eigenvalue weighted by atomic mass is 10.2. The maximum atomic E-state index is 8.78. The molecule has 18 heavy (non-hydrogen) atoms. The molecule has 0 aliphatic rings. The molecule has 0 amide bonds. The van der Waals surface area contributed by atoms with Gasteiger partial charge in [0.1, 0.15) is 0 Å². The summed E-state index contributed by atoms with van der Waals surface area (Å²) in [5, 5.41) is 13.3. The Kier molecular flexibility index (Phi) is 6.19. The standard InChI is InChI=1S/C14H20N2O.ClH/c1-2-8-16-11-12(10-15-7-9-17)13-5-3-4-6-14(13)16;/h3-6,11,15,17H,2,7-10H2,1H3;1H. The van der Waals surface area contributed by atoms with E-state index in [1.54, 1.807) is 0 Å². The molecule has 0 fully saturated rings. The number of para-hydroxylation sites is 1. The minimum Gasteiger partial charge on any atom is -0.395 e. The van der Waals surface area contributed by atoms with Crippen molar-refractivity contribution in [2.75, 3.05) is 13.2 Å². The van der Waals surface area contributed by atoms with Crippen LogP contribution in [0.1, 0.15) is 18.9 Å². The number of aromatic nitrogens is 1. The van der Waals surface area contributed by atoms with Crippen LogP contribution in [0, 0.1) is 0 Å². The van der Waals surface area contributed by atoms with Gasteiger partial charge in [0.25, 0.3) is 0 Å². The Hall–Kier alpha value is -1.03. The summed E-state index contributed by atoms with van der Waals surface area (Å²) in [4.78, 5) is 0. The summed E-state index contributed by atoms with van der Waals surface area (Å²) in [7, 11) is 0. The number of halogens is 1. The van der Waals surface area contributed by atoms with E-state index in [0.29, 0.717) is 6.54 Å². The maximum absolute atomic E-state index is 8.78. The molecule has 0 bridgehead atoms. The van der Waals surface area contributed by atoms with Crippen LogP contribution in [0.4, 0.5) is 0 Å². The fourth-order valence-corrected chi connectivity index (χ4v) is 2.19. The number of hydrogen-bond acceptors (Lipinski definition) is 2. The summed E-state index contributed by atoms with van der Waals surface area (Å²) in [5.74, 6) is 0. The van der Waals surface area contributed by atoms with Crippen molar-refractivity contribution in [1.82, 2.24) is 9.88 Å². The SMILES string of the molecule is CCCn1cc(CNCCO)c2ccccc21.Cl. The third-order valence-corrected chi connectivity index (χ3v) is 2.94. The van der Waals surface area contributed by atoms with Gasteiger partial charge in [0.15, 0.2) is 0 Å². The molecule has 0 saturated carbocycles. The fraction of sp³-hybridized carbons (Fsp3) is 0.429. The first-order valence-corrected chi connectivity index (χ1v) is 6.25. The summed E-state index contributed by atoms with van der Waals surface area (Å²) in [6, 6.07) is 8.49. The van der Waals surface area contributed by atoms with Crippen LogP contribution in [0.3, 0.4) is 0 Å². The van der Waals surface area contributed by atoms with Crippen molar-refractivity contribution in [3.05, 3.63) is 36.0 Å². The van der Waals surface area contributed by atoms with Crippen LogP contribution in [-0.2, 0) is 13.1 Å². The van der Waals surface area contributed by atoms with Crippen molar-refractivity contribution in [3.63, 3.8) is 0 Å². The van der Waals surface area contributed by atoms with Crippen molar-refractivity contribution < 1.29 is 5.11 Å². The number of aryl methyl sites for hydroxylation is 1. The predicted octanol–water partition coefficient (Wildman–Crippen LogP) is 2.56. The van der Waals surface area contributed by atoms with Crippen molar-refractivity contribution in [2.24, 2.45) is 0 Å². The molecule has 0 radical (unpaired) electrons. The average molecular weight is 269 g/mol. The van der Waals surface area contributed by atoms with E-state index >= 15 is 0 Å². The Balaban J connectivity index is 0.00000162. The second-order valence-corrected chi connectivity index (χ2v) is 4.27. The van der Waals surface area contributed by atoms with Crippen molar-refractivity contribution in [2.45, 2.75) is 26.4 Å². The number of aliphatic hydroxyl groups excluding tert-OH is 1. The first-order valence-electron chi connectivity index (χ1n) is 6.25. The first-order chi connectivity index (χ1) is 8.36. The molecule has 4 heteroatoms. The highest BCUT2D eigenvalue weighted by atomic mass is 35.5. The number of benzene rings is 1. The van der Waals surface area contributed by atoms with Gasteiger partial charge in [-0.3, -0.25) is 0 Å². The fourth-order valence-electron chi connectivity index (χ4n) is 2.19. The van der Waals surface area contributed by atoms with E-state index in [1.165, 1.54) is 16.5 Å². The highest BCUT2D eigenvalue weighted by Gasteiger charge is 2.06. The van der Waals surface area contributed by atoms with Crippen molar-refractivity contribution in [1.29, 1.82) is 0 Å². The monoisotopic (exact) mass is 268 g/mol. The summed E-state index contributed by atoms with van der Waals surface area (Å²) in [5.41, 5.74) is 2.61. The molecule has 1 aromatic carbocycles. The zero-order valence-corrected chi connectivity index (χ0v) is 11.5. The molecular weight excluding hydrogens is 248 g/mol. The summed E-state index contributed by atoms with van der Waals surface area (Å²) in [6.45, 7) is 4.90. The van der Waals surface area contributed by atoms with E-state index in [0.717, 1.165) is 19.5 Å². The Labute approximate surface area is 114 Å². The largest absolute Gasteiger partial charge is 0.395 e. The molecule has 0 aliphatic carbocycles. The molecule has 2 aromatic rings. The minimum atomic E-state index is 0. The second-order valence-electron chi connectivity index (χ2n) is 4.27. The predicted molar refractivity (Wildman–Crippen MR) is 78.3 cm³/mol. The molecular formula is C14H21ClN2O. The van der Waals surface area contributed by atoms with E-state index in [4.69, 9.17) is 5.11 Å². The highest BCUT2D eigenvalue weighted by Crippen LogP contribution is 2.21. The normalized spacial score (nSPS) is 10.6. The molecule has 2 N–H and O–H groups in total. The molecule has 100 valence electrons. The molecule has 3 nitrogen and oxygen atoms in total. The number of rotatable bonds is 6. The van der Waals surface area contributed by atoms with Crippen molar-refractivity contribution >= 4 is 23.3 Å². The van der Waals surface area contributed by atoms with Gasteiger partial charge >= 0.3 is 0 Å². The van der Waals surface area contributed by atoms with E-state index in [9.17, 15) is 0 Å². The van der Waals surface area contributed by atoms with Crippen LogP contribution in [0.15, 0.2) is 30.5 Å². The summed E-state index contributed by atoms with van der Waals surface area (Å²) < 4.78 is 2.31. The first kappa shape index (κ1) is 15.0. The van der Waals surface area contributed by atoms with Crippen LogP contribution >= 0.6 is 12.4 Å². The van der Waals surface area contributed by atoms with Crippen LogP contribution in [-0.4, -0.2) is 22.8 Å². The molecule has 0 saturated heterocycles. The summed E-state index contributed by atoms with van der Waals surface area (Å²) >= 11 is 0. The third-order valence-electron chi connectivity index (χ3n) is 2.94. The van der Waals surface area contributed by atoms with Crippen LogP contribution in [0.5, 0.6) is 0 Å². The number of fused-ring (bicyclic) bond motifs is 1. The summed E-state index contributed by atoms with van der Waals surface area (Å²) in [6.07, 6.45) is 3.36. The lowest BCUT2D eigenvalue weighted by Crippen LogP contribution is -2.17. The number of aliphatic hydroxyl groups is 1. The van der Waals surface area contributed by atoms with Crippen LogP contribution in [0.2, 0.25) is 0 Å². The molecule has 1 aromatic heterocycles. The van der Waals surface area contributed by atoms with Gasteiger partial charge in [0, 0.05) is 36.7 Å². The zero-order valence-electron chi connectivity index (χ0n) is 10.7. The quantitative estimate of drug-likeness (QED) is 0.790. The Morgan fingerprint density at radius 1 is 1.28 bits per heavy atom. The van der Waals surface area contributed by atoms with Gasteiger partial charge in [-0.25, -0.2) is 0 Å². The Bertz CT molecular complexity index is 482. The topological polar surface area (TPSA) is 37.2 Å². The molecule has 2 rings (SSSR count).